The first kappa shape index (κ1) is 18.7. The summed E-state index contributed by atoms with van der Waals surface area (Å²) in [5.41, 5.74) is 1.98. The van der Waals surface area contributed by atoms with E-state index in [1.54, 1.807) is 36.4 Å². The molecule has 0 bridgehead atoms. The number of carbonyl (C=O) groups excluding carboxylic acids is 2. The fourth-order valence-corrected chi connectivity index (χ4v) is 3.03. The Labute approximate surface area is 172 Å². The molecule has 29 heavy (non-hydrogen) atoms. The molecule has 0 amide bonds. The van der Waals surface area contributed by atoms with Crippen molar-refractivity contribution in [2.24, 2.45) is 0 Å². The molecule has 0 N–H and O–H groups in total. The van der Waals surface area contributed by atoms with Crippen LogP contribution < -0.4 is 9.47 Å². The number of benzene rings is 3. The summed E-state index contributed by atoms with van der Waals surface area (Å²) in [4.78, 5) is 24.6. The van der Waals surface area contributed by atoms with Gasteiger partial charge < -0.3 is 9.47 Å². The third kappa shape index (κ3) is 4.28. The molecule has 0 saturated heterocycles. The van der Waals surface area contributed by atoms with E-state index >= 15 is 0 Å². The number of hydrogen-bond donors (Lipinski definition) is 0. The van der Waals surface area contributed by atoms with Gasteiger partial charge in [-0.2, -0.15) is 0 Å². The molecular formula is C24H15ClO4. The summed E-state index contributed by atoms with van der Waals surface area (Å²) in [6, 6.07) is 21.3. The average molecular weight is 403 g/mol. The third-order valence-corrected chi connectivity index (χ3v) is 4.61. The SMILES string of the molecule is O=C(C=Cc1ccccc1)Oc1ccc2c(c1)OC(=Cc1ccccc1Cl)C2=O. The number of rotatable bonds is 4. The Hall–Kier alpha value is -3.63. The van der Waals surface area contributed by atoms with Gasteiger partial charge in [0.15, 0.2) is 5.76 Å². The molecule has 0 aromatic heterocycles. The lowest BCUT2D eigenvalue weighted by Gasteiger charge is -2.03. The summed E-state index contributed by atoms with van der Waals surface area (Å²) >= 11 is 6.14. The summed E-state index contributed by atoms with van der Waals surface area (Å²) in [7, 11) is 0. The van der Waals surface area contributed by atoms with Crippen molar-refractivity contribution in [1.29, 1.82) is 0 Å². The van der Waals surface area contributed by atoms with E-state index in [4.69, 9.17) is 21.1 Å². The highest BCUT2D eigenvalue weighted by atomic mass is 35.5. The van der Waals surface area contributed by atoms with Crippen molar-refractivity contribution in [3.05, 3.63) is 106 Å². The number of ketones is 1. The second kappa shape index (κ2) is 8.17. The monoisotopic (exact) mass is 402 g/mol. The molecule has 0 radical (unpaired) electrons. The van der Waals surface area contributed by atoms with Gasteiger partial charge in [0.25, 0.3) is 0 Å². The van der Waals surface area contributed by atoms with Gasteiger partial charge in [0, 0.05) is 17.2 Å². The number of ether oxygens (including phenoxy) is 2. The molecule has 0 atom stereocenters. The number of carbonyl (C=O) groups is 2. The quantitative estimate of drug-likeness (QED) is 0.325. The van der Waals surface area contributed by atoms with E-state index in [0.717, 1.165) is 5.56 Å². The fraction of sp³-hybridized carbons (Fsp3) is 0. The molecule has 1 aliphatic heterocycles. The molecule has 0 saturated carbocycles. The molecule has 0 fully saturated rings. The average Bonchev–Trinajstić information content (AvgIpc) is 3.04. The van der Waals surface area contributed by atoms with Crippen molar-refractivity contribution in [2.45, 2.75) is 0 Å². The van der Waals surface area contributed by atoms with Crippen LogP contribution in [-0.2, 0) is 4.79 Å². The summed E-state index contributed by atoms with van der Waals surface area (Å²) in [5.74, 6) is 0.0242. The van der Waals surface area contributed by atoms with E-state index < -0.39 is 5.97 Å². The lowest BCUT2D eigenvalue weighted by molar-refractivity contribution is -0.128. The van der Waals surface area contributed by atoms with Gasteiger partial charge in [0.1, 0.15) is 11.5 Å². The van der Waals surface area contributed by atoms with E-state index in [0.29, 0.717) is 27.6 Å². The first-order valence-electron chi connectivity index (χ1n) is 8.88. The topological polar surface area (TPSA) is 52.6 Å². The third-order valence-electron chi connectivity index (χ3n) is 4.26. The second-order valence-corrected chi connectivity index (χ2v) is 6.69. The molecule has 3 aromatic rings. The molecule has 4 nitrogen and oxygen atoms in total. The van der Waals surface area contributed by atoms with Crippen molar-refractivity contribution < 1.29 is 19.1 Å². The fourth-order valence-electron chi connectivity index (χ4n) is 2.84. The minimum Gasteiger partial charge on any atom is -0.452 e. The number of fused-ring (bicyclic) bond motifs is 1. The van der Waals surface area contributed by atoms with E-state index in [1.165, 1.54) is 12.1 Å². The van der Waals surface area contributed by atoms with E-state index in [1.807, 2.05) is 42.5 Å². The van der Waals surface area contributed by atoms with Crippen LogP contribution in [0.5, 0.6) is 11.5 Å². The lowest BCUT2D eigenvalue weighted by Crippen LogP contribution is -2.03. The van der Waals surface area contributed by atoms with E-state index in [9.17, 15) is 9.59 Å². The highest BCUT2D eigenvalue weighted by molar-refractivity contribution is 6.32. The molecular weight excluding hydrogens is 388 g/mol. The van der Waals surface area contributed by atoms with Crippen LogP contribution in [-0.4, -0.2) is 11.8 Å². The Morgan fingerprint density at radius 2 is 1.72 bits per heavy atom. The summed E-state index contributed by atoms with van der Waals surface area (Å²) < 4.78 is 11.0. The van der Waals surface area contributed by atoms with Crippen LogP contribution in [0.25, 0.3) is 12.2 Å². The minimum atomic E-state index is -0.523. The Balaban J connectivity index is 1.49. The number of allylic oxidation sites excluding steroid dienone is 1. The zero-order valence-electron chi connectivity index (χ0n) is 15.2. The first-order valence-corrected chi connectivity index (χ1v) is 9.26. The van der Waals surface area contributed by atoms with E-state index in [2.05, 4.69) is 0 Å². The van der Waals surface area contributed by atoms with Crippen LogP contribution in [0.1, 0.15) is 21.5 Å². The highest BCUT2D eigenvalue weighted by Crippen LogP contribution is 2.35. The van der Waals surface area contributed by atoms with Gasteiger partial charge in [-0.15, -0.1) is 0 Å². The largest absolute Gasteiger partial charge is 0.452 e. The number of hydrogen-bond acceptors (Lipinski definition) is 4. The van der Waals surface area contributed by atoms with Crippen LogP contribution in [0.4, 0.5) is 0 Å². The zero-order chi connectivity index (χ0) is 20.2. The van der Waals surface area contributed by atoms with Crippen molar-refractivity contribution in [3.8, 4) is 11.5 Å². The highest BCUT2D eigenvalue weighted by Gasteiger charge is 2.28. The lowest BCUT2D eigenvalue weighted by atomic mass is 10.1. The summed E-state index contributed by atoms with van der Waals surface area (Å²) in [5, 5.41) is 0.521. The minimum absolute atomic E-state index is 0.167. The number of esters is 1. The molecule has 4 rings (SSSR count). The van der Waals surface area contributed by atoms with Gasteiger partial charge in [-0.05, 0) is 41.5 Å². The Morgan fingerprint density at radius 1 is 0.966 bits per heavy atom. The maximum Gasteiger partial charge on any atom is 0.336 e. The van der Waals surface area contributed by atoms with Crippen LogP contribution in [0.15, 0.2) is 84.6 Å². The molecule has 1 heterocycles. The zero-order valence-corrected chi connectivity index (χ0v) is 15.9. The van der Waals surface area contributed by atoms with Crippen molar-refractivity contribution >= 4 is 35.5 Å². The predicted molar refractivity (Wildman–Crippen MR) is 112 cm³/mol. The smallest absolute Gasteiger partial charge is 0.336 e. The number of Topliss-reactive ketones (excluding diaryl/α,β-unsaturated/α-hetero) is 1. The van der Waals surface area contributed by atoms with Crippen molar-refractivity contribution in [1.82, 2.24) is 0 Å². The Bertz CT molecular complexity index is 1150. The van der Waals surface area contributed by atoms with Crippen LogP contribution in [0, 0.1) is 0 Å². The maximum absolute atomic E-state index is 12.5. The van der Waals surface area contributed by atoms with Gasteiger partial charge in [0.2, 0.25) is 5.78 Å². The Kier molecular flexibility index (Phi) is 5.27. The standard InChI is InChI=1S/C24H15ClO4/c25-20-9-5-4-8-17(20)14-22-24(27)19-12-11-18(15-21(19)29-22)28-23(26)13-10-16-6-2-1-3-7-16/h1-15H. The molecule has 1 aliphatic rings. The Morgan fingerprint density at radius 3 is 2.52 bits per heavy atom. The van der Waals surface area contributed by atoms with Crippen molar-refractivity contribution in [3.63, 3.8) is 0 Å². The number of halogens is 1. The predicted octanol–water partition coefficient (Wildman–Crippen LogP) is 5.58. The van der Waals surface area contributed by atoms with Gasteiger partial charge >= 0.3 is 5.97 Å². The first-order chi connectivity index (χ1) is 14.1. The molecule has 142 valence electrons. The van der Waals surface area contributed by atoms with Gasteiger partial charge in [-0.3, -0.25) is 4.79 Å². The normalized spacial score (nSPS) is 14.1. The van der Waals surface area contributed by atoms with E-state index in [-0.39, 0.29) is 11.5 Å². The summed E-state index contributed by atoms with van der Waals surface area (Å²) in [6.07, 6.45) is 4.61. The molecule has 5 heteroatoms. The van der Waals surface area contributed by atoms with Crippen molar-refractivity contribution in [2.75, 3.05) is 0 Å². The van der Waals surface area contributed by atoms with Gasteiger partial charge in [0.05, 0.1) is 5.56 Å². The maximum atomic E-state index is 12.5. The second-order valence-electron chi connectivity index (χ2n) is 6.28. The van der Waals surface area contributed by atoms with Crippen LogP contribution in [0.2, 0.25) is 5.02 Å². The van der Waals surface area contributed by atoms with Crippen LogP contribution in [0.3, 0.4) is 0 Å². The molecule has 3 aromatic carbocycles. The van der Waals surface area contributed by atoms with Gasteiger partial charge in [-0.25, -0.2) is 4.79 Å². The molecule has 0 spiro atoms. The van der Waals surface area contributed by atoms with Crippen LogP contribution >= 0.6 is 11.6 Å². The van der Waals surface area contributed by atoms with Gasteiger partial charge in [-0.1, -0.05) is 60.1 Å². The molecule has 0 unspecified atom stereocenters. The molecule has 0 aliphatic carbocycles. The summed E-state index contributed by atoms with van der Waals surface area (Å²) in [6.45, 7) is 0.